The average molecular weight is 457 g/mol. The predicted molar refractivity (Wildman–Crippen MR) is 110 cm³/mol. The molecule has 0 unspecified atom stereocenters. The van der Waals surface area contributed by atoms with E-state index in [4.69, 9.17) is 0 Å². The second-order valence-electron chi connectivity index (χ2n) is 7.29. The number of anilines is 2. The minimum Gasteiger partial charge on any atom is -0.324 e. The van der Waals surface area contributed by atoms with Gasteiger partial charge in [-0.1, -0.05) is 6.07 Å². The predicted octanol–water partition coefficient (Wildman–Crippen LogP) is 4.95. The van der Waals surface area contributed by atoms with Crippen LogP contribution in [0.2, 0.25) is 0 Å². The van der Waals surface area contributed by atoms with E-state index in [0.717, 1.165) is 34.5 Å². The SMILES string of the molecule is Cc1cc(Nc2nccc(C(F)(F)F)n2)cc(-c2cnc(C(C)(C)S(C)(=O)=O)s2)c1. The average Bonchev–Trinajstić information content (AvgIpc) is 3.10. The fraction of sp³-hybridized carbons (Fsp3) is 0.316. The molecule has 0 amide bonds. The van der Waals surface area contributed by atoms with E-state index in [1.165, 1.54) is 11.3 Å². The molecule has 0 fully saturated rings. The van der Waals surface area contributed by atoms with Crippen molar-refractivity contribution in [3.63, 3.8) is 0 Å². The molecular formula is C19H19F3N4O2S2. The van der Waals surface area contributed by atoms with Crippen molar-refractivity contribution in [2.75, 3.05) is 11.6 Å². The Bertz CT molecular complexity index is 1190. The molecule has 1 N–H and O–H groups in total. The zero-order chi connectivity index (χ0) is 22.3. The number of thiazole rings is 1. The summed E-state index contributed by atoms with van der Waals surface area (Å²) in [4.78, 5) is 12.4. The molecule has 3 aromatic rings. The number of benzene rings is 1. The Balaban J connectivity index is 1.94. The third kappa shape index (κ3) is 4.62. The van der Waals surface area contributed by atoms with Gasteiger partial charge in [-0.2, -0.15) is 13.2 Å². The van der Waals surface area contributed by atoms with Crippen LogP contribution in [-0.4, -0.2) is 29.6 Å². The molecule has 0 spiro atoms. The van der Waals surface area contributed by atoms with Crippen molar-refractivity contribution in [3.05, 3.63) is 52.9 Å². The molecular weight excluding hydrogens is 437 g/mol. The van der Waals surface area contributed by atoms with E-state index in [1.54, 1.807) is 32.2 Å². The van der Waals surface area contributed by atoms with Gasteiger partial charge in [0.05, 0.1) is 4.88 Å². The summed E-state index contributed by atoms with van der Waals surface area (Å²) in [5, 5.41) is 3.25. The van der Waals surface area contributed by atoms with Crippen LogP contribution in [0.25, 0.3) is 10.4 Å². The van der Waals surface area contributed by atoms with Gasteiger partial charge < -0.3 is 5.32 Å². The van der Waals surface area contributed by atoms with Crippen LogP contribution in [-0.2, 0) is 20.8 Å². The summed E-state index contributed by atoms with van der Waals surface area (Å²) in [7, 11) is -3.37. The van der Waals surface area contributed by atoms with E-state index < -0.39 is 26.5 Å². The van der Waals surface area contributed by atoms with Crippen LogP contribution < -0.4 is 5.32 Å². The molecule has 3 rings (SSSR count). The summed E-state index contributed by atoms with van der Waals surface area (Å²) in [5.74, 6) is -0.176. The molecule has 0 radical (unpaired) electrons. The van der Waals surface area contributed by atoms with Gasteiger partial charge in [0.15, 0.2) is 9.84 Å². The van der Waals surface area contributed by atoms with Crippen LogP contribution in [0, 0.1) is 6.92 Å². The number of hydrogen-bond acceptors (Lipinski definition) is 7. The molecule has 0 saturated carbocycles. The van der Waals surface area contributed by atoms with E-state index in [-0.39, 0.29) is 5.95 Å². The second kappa shape index (κ2) is 7.62. The lowest BCUT2D eigenvalue weighted by molar-refractivity contribution is -0.141. The minimum atomic E-state index is -4.57. The van der Waals surface area contributed by atoms with Crippen LogP contribution in [0.15, 0.2) is 36.7 Å². The highest BCUT2D eigenvalue weighted by Gasteiger charge is 2.35. The fourth-order valence-corrected chi connectivity index (χ4v) is 4.40. The lowest BCUT2D eigenvalue weighted by Crippen LogP contribution is -2.27. The summed E-state index contributed by atoms with van der Waals surface area (Å²) < 4.78 is 61.6. The molecule has 1 aromatic carbocycles. The number of halogens is 3. The van der Waals surface area contributed by atoms with Gasteiger partial charge in [-0.05, 0) is 50.1 Å². The van der Waals surface area contributed by atoms with Gasteiger partial charge in [0, 0.05) is 24.3 Å². The summed E-state index contributed by atoms with van der Waals surface area (Å²) in [6.07, 6.45) is -0.774. The Hall–Kier alpha value is -2.53. The quantitative estimate of drug-likeness (QED) is 0.585. The number of sulfone groups is 1. The van der Waals surface area contributed by atoms with Crippen LogP contribution in [0.4, 0.5) is 24.8 Å². The van der Waals surface area contributed by atoms with E-state index in [9.17, 15) is 21.6 Å². The van der Waals surface area contributed by atoms with Crippen molar-refractivity contribution in [3.8, 4) is 10.4 Å². The first kappa shape index (κ1) is 22.2. The van der Waals surface area contributed by atoms with Gasteiger partial charge >= 0.3 is 6.18 Å². The van der Waals surface area contributed by atoms with E-state index >= 15 is 0 Å². The van der Waals surface area contributed by atoms with Crippen molar-refractivity contribution < 1.29 is 21.6 Å². The molecule has 0 aliphatic heterocycles. The Morgan fingerprint density at radius 1 is 1.10 bits per heavy atom. The first-order valence-corrected chi connectivity index (χ1v) is 11.4. The highest BCUT2D eigenvalue weighted by atomic mass is 32.2. The van der Waals surface area contributed by atoms with Crippen LogP contribution >= 0.6 is 11.3 Å². The van der Waals surface area contributed by atoms with Crippen molar-refractivity contribution in [2.45, 2.75) is 31.7 Å². The number of hydrogen-bond donors (Lipinski definition) is 1. The molecule has 6 nitrogen and oxygen atoms in total. The van der Waals surface area contributed by atoms with E-state index in [0.29, 0.717) is 10.7 Å². The van der Waals surface area contributed by atoms with Crippen LogP contribution in [0.5, 0.6) is 0 Å². The Morgan fingerprint density at radius 2 is 1.80 bits per heavy atom. The first-order chi connectivity index (χ1) is 13.8. The lowest BCUT2D eigenvalue weighted by atomic mass is 10.1. The Labute approximate surface area is 176 Å². The molecule has 0 saturated heterocycles. The van der Waals surface area contributed by atoms with Gasteiger partial charge in [-0.15, -0.1) is 11.3 Å². The third-order valence-corrected chi connectivity index (χ3v) is 8.06. The maximum atomic E-state index is 12.9. The Kier molecular flexibility index (Phi) is 5.63. The number of alkyl halides is 3. The zero-order valence-electron chi connectivity index (χ0n) is 16.6. The summed E-state index contributed by atoms with van der Waals surface area (Å²) >= 11 is 1.25. The number of nitrogens with zero attached hydrogens (tertiary/aromatic N) is 3. The molecule has 11 heteroatoms. The van der Waals surface area contributed by atoms with Crippen LogP contribution in [0.3, 0.4) is 0 Å². The third-order valence-electron chi connectivity index (χ3n) is 4.51. The topological polar surface area (TPSA) is 84.8 Å². The minimum absolute atomic E-state index is 0.176. The maximum Gasteiger partial charge on any atom is 0.433 e. The van der Waals surface area contributed by atoms with Gasteiger partial charge in [0.25, 0.3) is 0 Å². The summed E-state index contributed by atoms with van der Waals surface area (Å²) in [6.45, 7) is 5.03. The molecule has 0 aliphatic carbocycles. The van der Waals surface area contributed by atoms with E-state index in [1.807, 2.05) is 13.0 Å². The van der Waals surface area contributed by atoms with Gasteiger partial charge in [-0.3, -0.25) is 0 Å². The van der Waals surface area contributed by atoms with Gasteiger partial charge in [-0.25, -0.2) is 23.4 Å². The maximum absolute atomic E-state index is 12.9. The smallest absolute Gasteiger partial charge is 0.324 e. The molecule has 0 aliphatic rings. The van der Waals surface area contributed by atoms with Gasteiger partial charge in [0.1, 0.15) is 15.4 Å². The number of aryl methyl sites for hydroxylation is 1. The molecule has 30 heavy (non-hydrogen) atoms. The van der Waals surface area contributed by atoms with Crippen LogP contribution in [0.1, 0.15) is 30.1 Å². The van der Waals surface area contributed by atoms with Crippen molar-refractivity contribution in [1.82, 2.24) is 15.0 Å². The second-order valence-corrected chi connectivity index (χ2v) is 10.9. The first-order valence-electron chi connectivity index (χ1n) is 8.72. The lowest BCUT2D eigenvalue weighted by Gasteiger charge is -2.19. The standard InChI is InChI=1S/C19H19F3N4O2S2/c1-11-7-12(14-10-24-16(29-14)18(2,3)30(4,27)28)9-13(8-11)25-17-23-6-5-15(26-17)19(20,21)22/h5-10H,1-4H3,(H,23,25,26). The Morgan fingerprint density at radius 3 is 2.43 bits per heavy atom. The van der Waals surface area contributed by atoms with E-state index in [2.05, 4.69) is 20.3 Å². The highest BCUT2D eigenvalue weighted by molar-refractivity contribution is 7.91. The largest absolute Gasteiger partial charge is 0.433 e. The molecule has 2 aromatic heterocycles. The monoisotopic (exact) mass is 456 g/mol. The number of nitrogens with one attached hydrogen (secondary N) is 1. The summed E-state index contributed by atoms with van der Waals surface area (Å²) in [6, 6.07) is 6.15. The fourth-order valence-electron chi connectivity index (χ4n) is 2.55. The highest BCUT2D eigenvalue weighted by Crippen LogP contribution is 2.37. The normalized spacial score (nSPS) is 12.8. The van der Waals surface area contributed by atoms with Crippen molar-refractivity contribution >= 4 is 32.8 Å². The zero-order valence-corrected chi connectivity index (χ0v) is 18.2. The van der Waals surface area contributed by atoms with Crippen molar-refractivity contribution in [2.24, 2.45) is 0 Å². The van der Waals surface area contributed by atoms with Crippen molar-refractivity contribution in [1.29, 1.82) is 0 Å². The molecule has 2 heterocycles. The summed E-state index contributed by atoms with van der Waals surface area (Å²) in [5.41, 5.74) is 1.06. The molecule has 160 valence electrons. The number of aromatic nitrogens is 3. The molecule has 0 bridgehead atoms. The number of rotatable bonds is 5. The molecule has 0 atom stereocenters. The van der Waals surface area contributed by atoms with Gasteiger partial charge in [0.2, 0.25) is 5.95 Å².